The zero-order valence-electron chi connectivity index (χ0n) is 29.6. The summed E-state index contributed by atoms with van der Waals surface area (Å²) in [6.45, 7) is 4.77. The molecule has 0 saturated carbocycles. The van der Waals surface area contributed by atoms with Gasteiger partial charge in [0.05, 0.1) is 15.9 Å². The van der Waals surface area contributed by atoms with Crippen molar-refractivity contribution in [1.82, 2.24) is 19.5 Å². The fraction of sp³-hybridized carbons (Fsp3) is 0.0625. The summed E-state index contributed by atoms with van der Waals surface area (Å²) in [5.41, 5.74) is 11.7. The third kappa shape index (κ3) is 4.76. The van der Waals surface area contributed by atoms with Gasteiger partial charge in [-0.2, -0.15) is 0 Å². The SMILES string of the molecule is CC1(C)c2ccccc2-c2ccc3c4ccc5c(c4n(-c4ccc(-c6nc(-c7ccccc7)nc(-c7ccccc7)n6)cc4)c3c21)Sc1ccccc1S5. The summed E-state index contributed by atoms with van der Waals surface area (Å²) in [6.07, 6.45) is 0. The van der Waals surface area contributed by atoms with E-state index in [0.29, 0.717) is 17.5 Å². The molecule has 9 aromatic rings. The Labute approximate surface area is 322 Å². The van der Waals surface area contributed by atoms with Crippen molar-refractivity contribution in [2.45, 2.75) is 38.8 Å². The van der Waals surface area contributed by atoms with Crippen LogP contribution in [0, 0.1) is 0 Å². The van der Waals surface area contributed by atoms with Crippen molar-refractivity contribution in [2.24, 2.45) is 0 Å². The lowest BCUT2D eigenvalue weighted by Crippen LogP contribution is -2.16. The standard InChI is InChI=1S/C48H32N4S2/c1-48(2)37-18-10-9-17-33(37)34-25-26-35-36-27-28-40-44(54-39-20-12-11-19-38(39)53-40)43(36)52(42(35)41(34)48)32-23-21-31(22-24-32)47-50-45(29-13-5-3-6-14-29)49-46(51-47)30-15-7-4-8-16-30/h3-28H,1-2H3. The maximum atomic E-state index is 5.02. The fourth-order valence-corrected chi connectivity index (χ4v) is 10.8. The number of rotatable bonds is 4. The minimum atomic E-state index is -0.182. The molecule has 256 valence electrons. The number of fused-ring (bicyclic) bond motifs is 10. The molecule has 0 saturated heterocycles. The smallest absolute Gasteiger partial charge is 0.164 e. The van der Waals surface area contributed by atoms with Crippen LogP contribution in [0.15, 0.2) is 177 Å². The summed E-state index contributed by atoms with van der Waals surface area (Å²) in [4.78, 5) is 20.2. The first-order chi connectivity index (χ1) is 26.5. The van der Waals surface area contributed by atoms with Crippen molar-refractivity contribution in [1.29, 1.82) is 0 Å². The van der Waals surface area contributed by atoms with E-state index in [-0.39, 0.29) is 5.41 Å². The Morgan fingerprint density at radius 3 is 1.65 bits per heavy atom. The van der Waals surface area contributed by atoms with E-state index in [4.69, 9.17) is 15.0 Å². The molecule has 6 heteroatoms. The molecule has 3 heterocycles. The topological polar surface area (TPSA) is 43.6 Å². The van der Waals surface area contributed by atoms with E-state index in [9.17, 15) is 0 Å². The van der Waals surface area contributed by atoms with Crippen LogP contribution in [0.25, 0.3) is 72.8 Å². The Balaban J connectivity index is 1.15. The molecule has 54 heavy (non-hydrogen) atoms. The van der Waals surface area contributed by atoms with Crippen molar-refractivity contribution in [3.63, 3.8) is 0 Å². The van der Waals surface area contributed by atoms with Crippen LogP contribution in [-0.4, -0.2) is 19.5 Å². The molecule has 2 aromatic heterocycles. The van der Waals surface area contributed by atoms with Gasteiger partial charge < -0.3 is 4.57 Å². The second kappa shape index (κ2) is 12.0. The number of aromatic nitrogens is 4. The van der Waals surface area contributed by atoms with E-state index >= 15 is 0 Å². The van der Waals surface area contributed by atoms with Crippen LogP contribution in [-0.2, 0) is 5.41 Å². The highest BCUT2D eigenvalue weighted by atomic mass is 32.2. The van der Waals surface area contributed by atoms with Gasteiger partial charge in [0.25, 0.3) is 0 Å². The van der Waals surface area contributed by atoms with Gasteiger partial charge in [-0.05, 0) is 64.7 Å². The molecule has 1 aliphatic heterocycles. The van der Waals surface area contributed by atoms with Crippen LogP contribution in [0.5, 0.6) is 0 Å². The van der Waals surface area contributed by atoms with Crippen LogP contribution in [0.3, 0.4) is 0 Å². The van der Waals surface area contributed by atoms with Gasteiger partial charge in [-0.25, -0.2) is 15.0 Å². The lowest BCUT2D eigenvalue weighted by atomic mass is 9.81. The molecular weight excluding hydrogens is 697 g/mol. The number of nitrogens with zero attached hydrogens (tertiary/aromatic N) is 4. The van der Waals surface area contributed by atoms with Crippen molar-refractivity contribution in [3.8, 4) is 51.0 Å². The molecule has 0 radical (unpaired) electrons. The molecule has 0 atom stereocenters. The van der Waals surface area contributed by atoms with Gasteiger partial charge in [0, 0.05) is 53.3 Å². The van der Waals surface area contributed by atoms with E-state index in [1.54, 1.807) is 0 Å². The van der Waals surface area contributed by atoms with Gasteiger partial charge in [0.1, 0.15) is 0 Å². The molecule has 0 spiro atoms. The molecule has 7 aromatic carbocycles. The minimum absolute atomic E-state index is 0.182. The summed E-state index contributed by atoms with van der Waals surface area (Å²) < 4.78 is 2.54. The lowest BCUT2D eigenvalue weighted by molar-refractivity contribution is 0.664. The predicted molar refractivity (Wildman–Crippen MR) is 223 cm³/mol. The van der Waals surface area contributed by atoms with Gasteiger partial charge >= 0.3 is 0 Å². The second-order valence-corrected chi connectivity index (χ2v) is 16.6. The van der Waals surface area contributed by atoms with Gasteiger partial charge in [-0.1, -0.05) is 153 Å². The highest BCUT2D eigenvalue weighted by Gasteiger charge is 2.39. The van der Waals surface area contributed by atoms with Crippen LogP contribution >= 0.6 is 23.5 Å². The fourth-order valence-electron chi connectivity index (χ4n) is 8.38. The number of hydrogen-bond acceptors (Lipinski definition) is 5. The molecule has 2 aliphatic rings. The molecule has 4 nitrogen and oxygen atoms in total. The number of hydrogen-bond donors (Lipinski definition) is 0. The predicted octanol–water partition coefficient (Wildman–Crippen LogP) is 12.9. The number of benzene rings is 7. The summed E-state index contributed by atoms with van der Waals surface area (Å²) in [6, 6.07) is 56.2. The monoisotopic (exact) mass is 728 g/mol. The third-order valence-electron chi connectivity index (χ3n) is 10.9. The highest BCUT2D eigenvalue weighted by molar-refractivity contribution is 8.05. The molecule has 0 fully saturated rings. The van der Waals surface area contributed by atoms with Gasteiger partial charge in [0.2, 0.25) is 0 Å². The normalized spacial score (nSPS) is 13.7. The average molecular weight is 729 g/mol. The van der Waals surface area contributed by atoms with Crippen LogP contribution < -0.4 is 0 Å². The van der Waals surface area contributed by atoms with E-state index in [1.165, 1.54) is 63.6 Å². The quantitative estimate of drug-likeness (QED) is 0.180. The molecule has 0 bridgehead atoms. The summed E-state index contributed by atoms with van der Waals surface area (Å²) in [5.74, 6) is 1.96. The molecule has 0 unspecified atom stereocenters. The van der Waals surface area contributed by atoms with Gasteiger partial charge in [-0.15, -0.1) is 0 Å². The zero-order valence-corrected chi connectivity index (χ0v) is 31.2. The summed E-state index contributed by atoms with van der Waals surface area (Å²) >= 11 is 3.76. The molecule has 1 aliphatic carbocycles. The van der Waals surface area contributed by atoms with E-state index in [1.807, 2.05) is 84.2 Å². The Bertz CT molecular complexity index is 2890. The summed E-state index contributed by atoms with van der Waals surface area (Å²) in [5, 5.41) is 2.55. The second-order valence-electron chi connectivity index (χ2n) is 14.4. The van der Waals surface area contributed by atoms with E-state index in [2.05, 4.69) is 115 Å². The molecule has 11 rings (SSSR count). The first-order valence-electron chi connectivity index (χ1n) is 18.2. The largest absolute Gasteiger partial charge is 0.308 e. The van der Waals surface area contributed by atoms with Crippen molar-refractivity contribution < 1.29 is 0 Å². The Kier molecular flexibility index (Phi) is 7.04. The van der Waals surface area contributed by atoms with Crippen LogP contribution in [0.4, 0.5) is 0 Å². The highest BCUT2D eigenvalue weighted by Crippen LogP contribution is 2.56. The Morgan fingerprint density at radius 1 is 0.444 bits per heavy atom. The van der Waals surface area contributed by atoms with Crippen LogP contribution in [0.2, 0.25) is 0 Å². The maximum Gasteiger partial charge on any atom is 0.164 e. The molecular formula is C48H32N4S2. The van der Waals surface area contributed by atoms with Crippen molar-refractivity contribution in [3.05, 3.63) is 169 Å². The average Bonchev–Trinajstić information content (AvgIpc) is 3.69. The molecule has 0 N–H and O–H groups in total. The van der Waals surface area contributed by atoms with Gasteiger partial charge in [-0.3, -0.25) is 0 Å². The first-order valence-corrected chi connectivity index (χ1v) is 19.8. The zero-order chi connectivity index (χ0) is 36.0. The van der Waals surface area contributed by atoms with E-state index in [0.717, 1.165) is 22.4 Å². The first kappa shape index (κ1) is 31.6. The minimum Gasteiger partial charge on any atom is -0.308 e. The van der Waals surface area contributed by atoms with Gasteiger partial charge in [0.15, 0.2) is 17.5 Å². The van der Waals surface area contributed by atoms with E-state index < -0.39 is 0 Å². The van der Waals surface area contributed by atoms with Crippen LogP contribution in [0.1, 0.15) is 25.0 Å². The van der Waals surface area contributed by atoms with Crippen molar-refractivity contribution >= 4 is 45.3 Å². The molecule has 0 amide bonds. The van der Waals surface area contributed by atoms with Crippen molar-refractivity contribution in [2.75, 3.05) is 0 Å². The summed E-state index contributed by atoms with van der Waals surface area (Å²) in [7, 11) is 0. The maximum absolute atomic E-state index is 5.02. The Morgan fingerprint density at radius 2 is 0.981 bits per heavy atom. The Hall–Kier alpha value is -5.95. The lowest BCUT2D eigenvalue weighted by Gasteiger charge is -2.24. The third-order valence-corrected chi connectivity index (χ3v) is 13.5.